The van der Waals surface area contributed by atoms with E-state index in [0.29, 0.717) is 5.56 Å². The molecule has 0 spiro atoms. The fraction of sp³-hybridized carbons (Fsp3) is 0.250. The van der Waals surface area contributed by atoms with Gasteiger partial charge in [0.2, 0.25) is 0 Å². The maximum absolute atomic E-state index is 12.9. The van der Waals surface area contributed by atoms with E-state index >= 15 is 0 Å². The maximum Gasteiger partial charge on any atom is 0.254 e. The molecule has 118 valence electrons. The Hall–Kier alpha value is -2.55. The number of carbonyl (C=O) groups is 1. The zero-order valence-electron chi connectivity index (χ0n) is 14.0. The van der Waals surface area contributed by atoms with Gasteiger partial charge in [0.25, 0.3) is 5.91 Å². The molecule has 3 rings (SSSR count). The van der Waals surface area contributed by atoms with Crippen LogP contribution in [0.5, 0.6) is 0 Å². The molecule has 0 saturated carbocycles. The molecule has 0 aliphatic carbocycles. The molecule has 0 aliphatic rings. The summed E-state index contributed by atoms with van der Waals surface area (Å²) in [5, 5.41) is 4.03. The number of hydrogen-bond acceptors (Lipinski definition) is 1. The predicted octanol–water partition coefficient (Wildman–Crippen LogP) is 4.67. The lowest BCUT2D eigenvalue weighted by atomic mass is 10.0. The Labute approximate surface area is 136 Å². The number of fused-ring (bicyclic) bond motifs is 1. The van der Waals surface area contributed by atoms with E-state index in [0.717, 1.165) is 22.2 Å². The highest BCUT2D eigenvalue weighted by Gasteiger charge is 2.22. The third-order valence-electron chi connectivity index (χ3n) is 3.76. The number of nitrogens with one attached hydrogen (secondary N) is 2. The Balaban J connectivity index is 2.19. The third kappa shape index (κ3) is 3.14. The first-order chi connectivity index (χ1) is 10.8. The molecule has 3 heteroatoms. The molecule has 0 saturated heterocycles. The lowest BCUT2D eigenvalue weighted by Gasteiger charge is -2.20. The van der Waals surface area contributed by atoms with E-state index in [1.807, 2.05) is 57.2 Å². The lowest BCUT2D eigenvalue weighted by Crippen LogP contribution is -2.40. The van der Waals surface area contributed by atoms with Gasteiger partial charge in [-0.15, -0.1) is 0 Å². The number of H-pyrrole nitrogens is 1. The molecule has 1 amide bonds. The third-order valence-corrected chi connectivity index (χ3v) is 3.76. The fourth-order valence-electron chi connectivity index (χ4n) is 2.72. The molecule has 2 N–H and O–H groups in total. The van der Waals surface area contributed by atoms with Gasteiger partial charge in [0.15, 0.2) is 0 Å². The Morgan fingerprint density at radius 2 is 1.65 bits per heavy atom. The molecule has 1 heterocycles. The topological polar surface area (TPSA) is 44.9 Å². The molecule has 3 nitrogen and oxygen atoms in total. The normalized spacial score (nSPS) is 11.7. The highest BCUT2D eigenvalue weighted by Crippen LogP contribution is 2.30. The summed E-state index contributed by atoms with van der Waals surface area (Å²) in [6.07, 6.45) is 0. The minimum Gasteiger partial charge on any atom is -0.354 e. The fourth-order valence-corrected chi connectivity index (χ4v) is 2.72. The SMILES string of the molecule is Cc1ccc(-c2[nH]c3ccccc3c2C(=O)NC(C)(C)C)cc1. The first kappa shape index (κ1) is 15.3. The van der Waals surface area contributed by atoms with Crippen molar-refractivity contribution < 1.29 is 4.79 Å². The summed E-state index contributed by atoms with van der Waals surface area (Å²) in [5.41, 5.74) is 4.49. The van der Waals surface area contributed by atoms with Crippen molar-refractivity contribution in [2.24, 2.45) is 0 Å². The monoisotopic (exact) mass is 306 g/mol. The summed E-state index contributed by atoms with van der Waals surface area (Å²) < 4.78 is 0. The number of aromatic amines is 1. The summed E-state index contributed by atoms with van der Waals surface area (Å²) in [5.74, 6) is -0.0504. The summed E-state index contributed by atoms with van der Waals surface area (Å²) in [4.78, 5) is 16.3. The van der Waals surface area contributed by atoms with Crippen LogP contribution in [0.15, 0.2) is 48.5 Å². The van der Waals surface area contributed by atoms with Crippen LogP contribution >= 0.6 is 0 Å². The van der Waals surface area contributed by atoms with Crippen molar-refractivity contribution in [1.82, 2.24) is 10.3 Å². The quantitative estimate of drug-likeness (QED) is 0.710. The highest BCUT2D eigenvalue weighted by molar-refractivity contribution is 6.12. The van der Waals surface area contributed by atoms with Gasteiger partial charge in [0.05, 0.1) is 11.3 Å². The average Bonchev–Trinajstić information content (AvgIpc) is 2.85. The smallest absolute Gasteiger partial charge is 0.254 e. The largest absolute Gasteiger partial charge is 0.354 e. The zero-order valence-corrected chi connectivity index (χ0v) is 14.0. The van der Waals surface area contributed by atoms with Crippen molar-refractivity contribution in [3.63, 3.8) is 0 Å². The Morgan fingerprint density at radius 3 is 2.30 bits per heavy atom. The number of hydrogen-bond donors (Lipinski definition) is 2. The number of carbonyl (C=O) groups excluding carboxylic acids is 1. The molecule has 3 aromatic rings. The molecule has 2 aromatic carbocycles. The van der Waals surface area contributed by atoms with Crippen molar-refractivity contribution >= 4 is 16.8 Å². The lowest BCUT2D eigenvalue weighted by molar-refractivity contribution is 0.0922. The molecule has 0 unspecified atom stereocenters. The van der Waals surface area contributed by atoms with E-state index in [1.165, 1.54) is 5.56 Å². The van der Waals surface area contributed by atoms with Gasteiger partial charge in [-0.1, -0.05) is 48.0 Å². The second kappa shape index (κ2) is 5.58. The Morgan fingerprint density at radius 1 is 1.00 bits per heavy atom. The van der Waals surface area contributed by atoms with Gasteiger partial charge in [0, 0.05) is 16.4 Å². The van der Waals surface area contributed by atoms with E-state index in [9.17, 15) is 4.79 Å². The molecule has 0 atom stereocenters. The van der Waals surface area contributed by atoms with E-state index in [1.54, 1.807) is 0 Å². The van der Waals surface area contributed by atoms with Crippen molar-refractivity contribution in [1.29, 1.82) is 0 Å². The van der Waals surface area contributed by atoms with Gasteiger partial charge in [-0.05, 0) is 39.3 Å². The predicted molar refractivity (Wildman–Crippen MR) is 95.7 cm³/mol. The van der Waals surface area contributed by atoms with Crippen molar-refractivity contribution in [2.45, 2.75) is 33.2 Å². The number of benzene rings is 2. The first-order valence-electron chi connectivity index (χ1n) is 7.85. The number of rotatable bonds is 2. The van der Waals surface area contributed by atoms with Crippen LogP contribution in [0.3, 0.4) is 0 Å². The van der Waals surface area contributed by atoms with Gasteiger partial charge >= 0.3 is 0 Å². The molecule has 0 bridgehead atoms. The Bertz CT molecular complexity index is 851. The second-order valence-corrected chi connectivity index (χ2v) is 6.99. The maximum atomic E-state index is 12.9. The Kier molecular flexibility index (Phi) is 3.72. The first-order valence-corrected chi connectivity index (χ1v) is 7.85. The summed E-state index contributed by atoms with van der Waals surface area (Å²) >= 11 is 0. The van der Waals surface area contributed by atoms with Crippen molar-refractivity contribution in [2.75, 3.05) is 0 Å². The van der Waals surface area contributed by atoms with Gasteiger partial charge in [-0.2, -0.15) is 0 Å². The van der Waals surface area contributed by atoms with E-state index in [2.05, 4.69) is 29.4 Å². The second-order valence-electron chi connectivity index (χ2n) is 6.99. The molecular formula is C20H22N2O. The van der Waals surface area contributed by atoms with Crippen LogP contribution in [0.25, 0.3) is 22.2 Å². The van der Waals surface area contributed by atoms with Crippen molar-refractivity contribution in [3.8, 4) is 11.3 Å². The minimum absolute atomic E-state index is 0.0504. The van der Waals surface area contributed by atoms with Gasteiger partial charge < -0.3 is 10.3 Å². The van der Waals surface area contributed by atoms with Crippen LogP contribution in [-0.4, -0.2) is 16.4 Å². The summed E-state index contributed by atoms with van der Waals surface area (Å²) in [6, 6.07) is 16.1. The highest BCUT2D eigenvalue weighted by atomic mass is 16.1. The van der Waals surface area contributed by atoms with Crippen LogP contribution in [0.2, 0.25) is 0 Å². The summed E-state index contributed by atoms with van der Waals surface area (Å²) in [6.45, 7) is 8.03. The molecule has 0 fully saturated rings. The van der Waals surface area contributed by atoms with Gasteiger partial charge in [-0.3, -0.25) is 4.79 Å². The van der Waals surface area contributed by atoms with Crippen molar-refractivity contribution in [3.05, 3.63) is 59.7 Å². The van der Waals surface area contributed by atoms with E-state index < -0.39 is 0 Å². The molecule has 23 heavy (non-hydrogen) atoms. The van der Waals surface area contributed by atoms with Gasteiger partial charge in [0.1, 0.15) is 0 Å². The number of aromatic nitrogens is 1. The van der Waals surface area contributed by atoms with E-state index in [4.69, 9.17) is 0 Å². The molecule has 0 radical (unpaired) electrons. The molecule has 0 aliphatic heterocycles. The minimum atomic E-state index is -0.278. The molecular weight excluding hydrogens is 284 g/mol. The van der Waals surface area contributed by atoms with Crippen LogP contribution in [-0.2, 0) is 0 Å². The number of amides is 1. The summed E-state index contributed by atoms with van der Waals surface area (Å²) in [7, 11) is 0. The molecule has 1 aromatic heterocycles. The van der Waals surface area contributed by atoms with Crippen LogP contribution < -0.4 is 5.32 Å². The van der Waals surface area contributed by atoms with Crippen LogP contribution in [0.1, 0.15) is 36.7 Å². The standard InChI is InChI=1S/C20H22N2O/c1-13-9-11-14(12-10-13)18-17(19(23)22-20(2,3)4)15-7-5-6-8-16(15)21-18/h5-12,21H,1-4H3,(H,22,23). The number of aryl methyl sites for hydroxylation is 1. The zero-order chi connectivity index (χ0) is 16.6. The van der Waals surface area contributed by atoms with Gasteiger partial charge in [-0.25, -0.2) is 0 Å². The van der Waals surface area contributed by atoms with Crippen LogP contribution in [0, 0.1) is 6.92 Å². The van der Waals surface area contributed by atoms with Crippen LogP contribution in [0.4, 0.5) is 0 Å². The van der Waals surface area contributed by atoms with E-state index in [-0.39, 0.29) is 11.4 Å². The number of para-hydroxylation sites is 1. The average molecular weight is 306 g/mol.